The number of carbonyl (C=O) groups is 2. The van der Waals surface area contributed by atoms with E-state index in [2.05, 4.69) is 26.6 Å². The largest absolute Gasteiger partial charge is 0.493 e. The van der Waals surface area contributed by atoms with Crippen LogP contribution < -0.4 is 20.1 Å². The van der Waals surface area contributed by atoms with Gasteiger partial charge in [-0.2, -0.15) is 0 Å². The van der Waals surface area contributed by atoms with Crippen molar-refractivity contribution in [1.29, 1.82) is 0 Å². The standard InChI is InChI=1S/C19H19BrF2N2O4/c1-4-28-17-12(20)7-11(9-15(17)27-3)18(25)24-16(19(26)23-2)10-5-6-13(21)14(22)8-10/h5-9,16H,4H2,1-3H3,(H,23,26)(H,24,25). The number of amides is 2. The highest BCUT2D eigenvalue weighted by molar-refractivity contribution is 9.10. The van der Waals surface area contributed by atoms with Gasteiger partial charge >= 0.3 is 0 Å². The van der Waals surface area contributed by atoms with Gasteiger partial charge in [-0.3, -0.25) is 9.59 Å². The summed E-state index contributed by atoms with van der Waals surface area (Å²) in [6.45, 7) is 2.21. The van der Waals surface area contributed by atoms with Crippen LogP contribution in [0.2, 0.25) is 0 Å². The summed E-state index contributed by atoms with van der Waals surface area (Å²) in [4.78, 5) is 24.9. The molecule has 1 unspecified atom stereocenters. The Morgan fingerprint density at radius 3 is 2.46 bits per heavy atom. The third-order valence-electron chi connectivity index (χ3n) is 3.84. The molecule has 0 saturated carbocycles. The summed E-state index contributed by atoms with van der Waals surface area (Å²) in [7, 11) is 2.80. The predicted molar refractivity (Wildman–Crippen MR) is 102 cm³/mol. The number of nitrogens with one attached hydrogen (secondary N) is 2. The number of methoxy groups -OCH3 is 1. The van der Waals surface area contributed by atoms with E-state index >= 15 is 0 Å². The fourth-order valence-electron chi connectivity index (χ4n) is 2.49. The van der Waals surface area contributed by atoms with Crippen molar-refractivity contribution in [3.8, 4) is 11.5 Å². The first-order chi connectivity index (χ1) is 13.3. The zero-order chi connectivity index (χ0) is 20.8. The van der Waals surface area contributed by atoms with Crippen LogP contribution in [0.25, 0.3) is 0 Å². The third kappa shape index (κ3) is 4.78. The molecule has 0 heterocycles. The highest BCUT2D eigenvalue weighted by Crippen LogP contribution is 2.36. The van der Waals surface area contributed by atoms with Gasteiger partial charge in [0.15, 0.2) is 23.1 Å². The molecule has 0 bridgehead atoms. The summed E-state index contributed by atoms with van der Waals surface area (Å²) < 4.78 is 38.0. The van der Waals surface area contributed by atoms with Gasteiger partial charge in [-0.15, -0.1) is 0 Å². The van der Waals surface area contributed by atoms with Gasteiger partial charge in [0.1, 0.15) is 6.04 Å². The normalized spacial score (nSPS) is 11.5. The Hall–Kier alpha value is -2.68. The molecule has 2 rings (SSSR count). The van der Waals surface area contributed by atoms with Crippen molar-refractivity contribution in [3.63, 3.8) is 0 Å². The summed E-state index contributed by atoms with van der Waals surface area (Å²) in [5.41, 5.74) is 0.284. The molecule has 0 aliphatic carbocycles. The van der Waals surface area contributed by atoms with E-state index in [0.717, 1.165) is 12.1 Å². The lowest BCUT2D eigenvalue weighted by Gasteiger charge is -2.19. The Bertz CT molecular complexity index is 892. The molecule has 0 radical (unpaired) electrons. The van der Waals surface area contributed by atoms with Crippen LogP contribution >= 0.6 is 15.9 Å². The van der Waals surface area contributed by atoms with Gasteiger partial charge in [0.05, 0.1) is 18.2 Å². The maximum atomic E-state index is 13.6. The van der Waals surface area contributed by atoms with Gasteiger partial charge in [-0.05, 0) is 52.7 Å². The molecule has 0 aliphatic heterocycles. The van der Waals surface area contributed by atoms with Crippen molar-refractivity contribution >= 4 is 27.7 Å². The predicted octanol–water partition coefficient (Wildman–Crippen LogP) is 3.35. The topological polar surface area (TPSA) is 76.7 Å². The van der Waals surface area contributed by atoms with Crippen LogP contribution in [0.5, 0.6) is 11.5 Å². The quantitative estimate of drug-likeness (QED) is 0.669. The second-order valence-electron chi connectivity index (χ2n) is 5.62. The van der Waals surface area contributed by atoms with Crippen molar-refractivity contribution in [2.45, 2.75) is 13.0 Å². The lowest BCUT2D eigenvalue weighted by molar-refractivity contribution is -0.122. The molecule has 0 saturated heterocycles. The number of rotatable bonds is 7. The van der Waals surface area contributed by atoms with Gasteiger partial charge in [0.25, 0.3) is 5.91 Å². The minimum absolute atomic E-state index is 0.101. The molecule has 0 spiro atoms. The lowest BCUT2D eigenvalue weighted by Crippen LogP contribution is -2.39. The molecular formula is C19H19BrF2N2O4. The number of hydrogen-bond acceptors (Lipinski definition) is 4. The molecule has 0 aromatic heterocycles. The van der Waals surface area contributed by atoms with E-state index in [1.54, 1.807) is 0 Å². The molecule has 0 fully saturated rings. The second-order valence-corrected chi connectivity index (χ2v) is 6.47. The van der Waals surface area contributed by atoms with Crippen molar-refractivity contribution in [2.75, 3.05) is 20.8 Å². The molecule has 28 heavy (non-hydrogen) atoms. The lowest BCUT2D eigenvalue weighted by atomic mass is 10.0. The van der Waals surface area contributed by atoms with Crippen molar-refractivity contribution in [3.05, 3.63) is 57.6 Å². The maximum Gasteiger partial charge on any atom is 0.252 e. The fourth-order valence-corrected chi connectivity index (χ4v) is 3.04. The molecule has 9 heteroatoms. The van der Waals surface area contributed by atoms with Crippen molar-refractivity contribution in [2.24, 2.45) is 0 Å². The number of halogens is 3. The molecule has 2 aromatic rings. The number of benzene rings is 2. The Kier molecular flexibility index (Phi) is 7.33. The highest BCUT2D eigenvalue weighted by Gasteiger charge is 2.25. The van der Waals surface area contributed by atoms with Crippen LogP contribution in [-0.2, 0) is 4.79 Å². The summed E-state index contributed by atoms with van der Waals surface area (Å²) in [5.74, 6) is -2.61. The van der Waals surface area contributed by atoms with E-state index in [0.29, 0.717) is 22.6 Å². The van der Waals surface area contributed by atoms with Gasteiger partial charge in [0.2, 0.25) is 5.91 Å². The van der Waals surface area contributed by atoms with E-state index in [4.69, 9.17) is 9.47 Å². The summed E-state index contributed by atoms with van der Waals surface area (Å²) in [5, 5.41) is 4.91. The van der Waals surface area contributed by atoms with Crippen molar-refractivity contribution in [1.82, 2.24) is 10.6 Å². The highest BCUT2D eigenvalue weighted by atomic mass is 79.9. The zero-order valence-corrected chi connectivity index (χ0v) is 17.0. The zero-order valence-electron chi connectivity index (χ0n) is 15.4. The first kappa shape index (κ1) is 21.6. The number of hydrogen-bond donors (Lipinski definition) is 2. The average Bonchev–Trinajstić information content (AvgIpc) is 2.68. The van der Waals surface area contributed by atoms with Crippen molar-refractivity contribution < 1.29 is 27.8 Å². The first-order valence-electron chi connectivity index (χ1n) is 8.30. The van der Waals surface area contributed by atoms with Crippen LogP contribution in [0.3, 0.4) is 0 Å². The monoisotopic (exact) mass is 456 g/mol. The minimum Gasteiger partial charge on any atom is -0.493 e. The molecular weight excluding hydrogens is 438 g/mol. The Morgan fingerprint density at radius 1 is 1.18 bits per heavy atom. The molecule has 6 nitrogen and oxygen atoms in total. The second kappa shape index (κ2) is 9.50. The van der Waals surface area contributed by atoms with Gasteiger partial charge in [-0.25, -0.2) is 8.78 Å². The maximum absolute atomic E-state index is 13.6. The fraction of sp³-hybridized carbons (Fsp3) is 0.263. The van der Waals surface area contributed by atoms with Gasteiger partial charge in [0, 0.05) is 12.6 Å². The average molecular weight is 457 g/mol. The van der Waals surface area contributed by atoms with Crippen LogP contribution in [0.4, 0.5) is 8.78 Å². The van der Waals surface area contributed by atoms with E-state index in [1.807, 2.05) is 6.92 Å². The number of ether oxygens (including phenoxy) is 2. The van der Waals surface area contributed by atoms with E-state index in [9.17, 15) is 18.4 Å². The van der Waals surface area contributed by atoms with Crippen LogP contribution in [-0.4, -0.2) is 32.6 Å². The summed E-state index contributed by atoms with van der Waals surface area (Å²) >= 11 is 3.32. The van der Waals surface area contributed by atoms with E-state index in [-0.39, 0.29) is 11.1 Å². The summed E-state index contributed by atoms with van der Waals surface area (Å²) in [6.07, 6.45) is 0. The molecule has 2 N–H and O–H groups in total. The Balaban J connectivity index is 2.37. The van der Waals surface area contributed by atoms with E-state index in [1.165, 1.54) is 32.4 Å². The number of likely N-dealkylation sites (N-methyl/N-ethyl adjacent to an activating group) is 1. The number of carbonyl (C=O) groups excluding carboxylic acids is 2. The first-order valence-corrected chi connectivity index (χ1v) is 9.09. The third-order valence-corrected chi connectivity index (χ3v) is 4.43. The van der Waals surface area contributed by atoms with Crippen LogP contribution in [0, 0.1) is 11.6 Å². The molecule has 0 aliphatic rings. The van der Waals surface area contributed by atoms with E-state index < -0.39 is 29.5 Å². The van der Waals surface area contributed by atoms with Crippen LogP contribution in [0.15, 0.2) is 34.8 Å². The smallest absolute Gasteiger partial charge is 0.252 e. The van der Waals surface area contributed by atoms with Crippen LogP contribution in [0.1, 0.15) is 28.9 Å². The Morgan fingerprint density at radius 2 is 1.89 bits per heavy atom. The van der Waals surface area contributed by atoms with Gasteiger partial charge < -0.3 is 20.1 Å². The molecule has 1 atom stereocenters. The molecule has 2 aromatic carbocycles. The summed E-state index contributed by atoms with van der Waals surface area (Å²) in [6, 6.07) is 4.73. The van der Waals surface area contributed by atoms with Gasteiger partial charge in [-0.1, -0.05) is 6.07 Å². The Labute approximate surface area is 169 Å². The molecule has 2 amide bonds. The molecule has 150 valence electrons. The minimum atomic E-state index is -1.22. The SMILES string of the molecule is CCOc1c(Br)cc(C(=O)NC(C(=O)NC)c2ccc(F)c(F)c2)cc1OC.